The average molecular weight is 545 g/mol. The van der Waals surface area contributed by atoms with Gasteiger partial charge in [0.05, 0.1) is 19.8 Å². The van der Waals surface area contributed by atoms with Gasteiger partial charge in [-0.2, -0.15) is 0 Å². The fourth-order valence-electron chi connectivity index (χ4n) is 3.15. The number of morpholine rings is 1. The van der Waals surface area contributed by atoms with Crippen LogP contribution in [-0.4, -0.2) is 63.4 Å². The summed E-state index contributed by atoms with van der Waals surface area (Å²) >= 11 is 1.79. The van der Waals surface area contributed by atoms with Gasteiger partial charge in [-0.05, 0) is 30.9 Å². The molecule has 30 heavy (non-hydrogen) atoms. The van der Waals surface area contributed by atoms with Gasteiger partial charge >= 0.3 is 0 Å². The van der Waals surface area contributed by atoms with Gasteiger partial charge in [0.1, 0.15) is 12.4 Å². The highest BCUT2D eigenvalue weighted by Gasteiger charge is 2.10. The molecule has 0 spiro atoms. The molecule has 1 aliphatic rings. The first-order chi connectivity index (χ1) is 14.3. The van der Waals surface area contributed by atoms with Crippen LogP contribution in [0.2, 0.25) is 0 Å². The average Bonchev–Trinajstić information content (AvgIpc) is 3.27. The number of rotatable bonds is 10. The molecule has 1 saturated heterocycles. The molecule has 0 bridgehead atoms. The minimum absolute atomic E-state index is 0. The van der Waals surface area contributed by atoms with E-state index in [2.05, 4.69) is 46.0 Å². The zero-order valence-electron chi connectivity index (χ0n) is 17.6. The van der Waals surface area contributed by atoms with Crippen molar-refractivity contribution < 1.29 is 9.47 Å². The zero-order valence-corrected chi connectivity index (χ0v) is 20.8. The summed E-state index contributed by atoms with van der Waals surface area (Å²) in [5.74, 6) is 1.76. The van der Waals surface area contributed by atoms with Gasteiger partial charge in [0.25, 0.3) is 0 Å². The van der Waals surface area contributed by atoms with Crippen LogP contribution in [-0.2, 0) is 17.7 Å². The lowest BCUT2D eigenvalue weighted by Crippen LogP contribution is -2.38. The van der Waals surface area contributed by atoms with Crippen LogP contribution in [0.3, 0.4) is 0 Å². The van der Waals surface area contributed by atoms with Gasteiger partial charge in [0.15, 0.2) is 5.96 Å². The molecule has 0 unspecified atom stereocenters. The van der Waals surface area contributed by atoms with Gasteiger partial charge in [-0.25, -0.2) is 4.99 Å². The van der Waals surface area contributed by atoms with E-state index in [4.69, 9.17) is 14.5 Å². The molecule has 1 aliphatic heterocycles. The molecular formula is C22H33IN4O2S. The predicted octanol–water partition coefficient (Wildman–Crippen LogP) is 3.37. The molecular weight excluding hydrogens is 511 g/mol. The van der Waals surface area contributed by atoms with E-state index in [9.17, 15) is 0 Å². The molecule has 3 rings (SSSR count). The van der Waals surface area contributed by atoms with Crippen molar-refractivity contribution in [3.05, 3.63) is 52.2 Å². The molecule has 166 valence electrons. The molecule has 0 amide bonds. The van der Waals surface area contributed by atoms with E-state index in [-0.39, 0.29) is 24.0 Å². The van der Waals surface area contributed by atoms with E-state index in [0.717, 1.165) is 69.6 Å². The van der Waals surface area contributed by atoms with Gasteiger partial charge in [-0.3, -0.25) is 4.90 Å². The minimum atomic E-state index is 0. The summed E-state index contributed by atoms with van der Waals surface area (Å²) < 4.78 is 11.5. The number of guanidine groups is 1. The summed E-state index contributed by atoms with van der Waals surface area (Å²) in [6.45, 7) is 9.58. The van der Waals surface area contributed by atoms with Crippen LogP contribution in [0.1, 0.15) is 17.4 Å². The number of aliphatic imine (C=N–C) groups is 1. The van der Waals surface area contributed by atoms with Crippen LogP contribution in [0.25, 0.3) is 0 Å². The highest BCUT2D eigenvalue weighted by molar-refractivity contribution is 14.0. The Morgan fingerprint density at radius 1 is 1.17 bits per heavy atom. The van der Waals surface area contributed by atoms with E-state index >= 15 is 0 Å². The van der Waals surface area contributed by atoms with Crippen molar-refractivity contribution >= 4 is 41.3 Å². The van der Waals surface area contributed by atoms with Crippen LogP contribution >= 0.6 is 35.3 Å². The summed E-state index contributed by atoms with van der Waals surface area (Å²) in [5.41, 5.74) is 1.10. The van der Waals surface area contributed by atoms with Crippen molar-refractivity contribution in [3.63, 3.8) is 0 Å². The zero-order chi connectivity index (χ0) is 20.2. The third-order valence-corrected chi connectivity index (χ3v) is 5.67. The van der Waals surface area contributed by atoms with Crippen LogP contribution in [0.5, 0.6) is 5.75 Å². The number of nitrogens with zero attached hydrogens (tertiary/aromatic N) is 2. The SMILES string of the molecule is CCNC(=NCc1ccccc1OCCN1CCOCC1)NCCc1cccs1.I. The number of benzene rings is 1. The lowest BCUT2D eigenvalue weighted by molar-refractivity contribution is 0.0322. The summed E-state index contributed by atoms with van der Waals surface area (Å²) in [6, 6.07) is 12.4. The van der Waals surface area contributed by atoms with Crippen LogP contribution in [0, 0.1) is 0 Å². The van der Waals surface area contributed by atoms with Gasteiger partial charge in [0.2, 0.25) is 0 Å². The molecule has 2 heterocycles. The molecule has 1 aromatic heterocycles. The Balaban J connectivity index is 0.00000320. The van der Waals surface area contributed by atoms with Crippen molar-refractivity contribution in [2.75, 3.05) is 52.5 Å². The molecule has 1 fully saturated rings. The quantitative estimate of drug-likeness (QED) is 0.273. The Morgan fingerprint density at radius 2 is 2.00 bits per heavy atom. The molecule has 0 radical (unpaired) electrons. The van der Waals surface area contributed by atoms with Crippen LogP contribution in [0.15, 0.2) is 46.8 Å². The molecule has 0 saturated carbocycles. The Labute approximate surface area is 201 Å². The summed E-state index contributed by atoms with van der Waals surface area (Å²) in [7, 11) is 0. The fraction of sp³-hybridized carbons (Fsp3) is 0.500. The lowest BCUT2D eigenvalue weighted by Gasteiger charge is -2.26. The molecule has 2 N–H and O–H groups in total. The molecule has 0 aliphatic carbocycles. The number of hydrogen-bond acceptors (Lipinski definition) is 5. The minimum Gasteiger partial charge on any atom is -0.492 e. The largest absolute Gasteiger partial charge is 0.492 e. The third-order valence-electron chi connectivity index (χ3n) is 4.74. The molecule has 8 heteroatoms. The smallest absolute Gasteiger partial charge is 0.191 e. The topological polar surface area (TPSA) is 58.1 Å². The normalized spacial score (nSPS) is 14.8. The Kier molecular flexibility index (Phi) is 12.1. The summed E-state index contributed by atoms with van der Waals surface area (Å²) in [4.78, 5) is 8.51. The maximum Gasteiger partial charge on any atom is 0.191 e. The molecule has 6 nitrogen and oxygen atoms in total. The van der Waals surface area contributed by atoms with Crippen molar-refractivity contribution in [1.29, 1.82) is 0 Å². The molecule has 0 atom stereocenters. The van der Waals surface area contributed by atoms with Gasteiger partial charge < -0.3 is 20.1 Å². The van der Waals surface area contributed by atoms with Crippen molar-refractivity contribution in [3.8, 4) is 5.75 Å². The number of ether oxygens (including phenoxy) is 2. The van der Waals surface area contributed by atoms with Gasteiger partial charge in [0, 0.05) is 43.2 Å². The number of thiophene rings is 1. The van der Waals surface area contributed by atoms with E-state index < -0.39 is 0 Å². The van der Waals surface area contributed by atoms with E-state index in [1.54, 1.807) is 11.3 Å². The monoisotopic (exact) mass is 544 g/mol. The standard InChI is InChI=1S/C22H32N4O2S.HI/c1-2-23-22(24-10-9-20-7-5-17-29-20)25-18-19-6-3-4-8-21(19)28-16-13-26-11-14-27-15-12-26;/h3-8,17H,2,9-16,18H2,1H3,(H2,23,24,25);1H. The second kappa shape index (κ2) is 14.6. The fourth-order valence-corrected chi connectivity index (χ4v) is 3.86. The lowest BCUT2D eigenvalue weighted by atomic mass is 10.2. The second-order valence-electron chi connectivity index (χ2n) is 6.86. The maximum absolute atomic E-state index is 6.07. The first kappa shape index (κ1) is 24.9. The van der Waals surface area contributed by atoms with E-state index in [1.165, 1.54) is 4.88 Å². The van der Waals surface area contributed by atoms with Crippen molar-refractivity contribution in [2.24, 2.45) is 4.99 Å². The highest BCUT2D eigenvalue weighted by Crippen LogP contribution is 2.19. The predicted molar refractivity (Wildman–Crippen MR) is 135 cm³/mol. The van der Waals surface area contributed by atoms with E-state index in [0.29, 0.717) is 13.2 Å². The number of nitrogens with one attached hydrogen (secondary N) is 2. The Morgan fingerprint density at radius 3 is 2.77 bits per heavy atom. The number of halogens is 1. The third kappa shape index (κ3) is 8.79. The Hall–Kier alpha value is -1.36. The Bertz CT molecular complexity index is 736. The van der Waals surface area contributed by atoms with Crippen LogP contribution < -0.4 is 15.4 Å². The summed E-state index contributed by atoms with van der Waals surface area (Å²) in [5, 5.41) is 8.86. The van der Waals surface area contributed by atoms with Gasteiger partial charge in [-0.1, -0.05) is 24.3 Å². The maximum atomic E-state index is 6.07. The first-order valence-corrected chi connectivity index (χ1v) is 11.3. The molecule has 1 aromatic carbocycles. The van der Waals surface area contributed by atoms with Gasteiger partial charge in [-0.15, -0.1) is 35.3 Å². The van der Waals surface area contributed by atoms with Crippen molar-refractivity contribution in [2.45, 2.75) is 19.9 Å². The van der Waals surface area contributed by atoms with Crippen molar-refractivity contribution in [1.82, 2.24) is 15.5 Å². The molecule has 2 aromatic rings. The second-order valence-corrected chi connectivity index (χ2v) is 7.89. The summed E-state index contributed by atoms with van der Waals surface area (Å²) in [6.07, 6.45) is 1.00. The number of para-hydroxylation sites is 1. The first-order valence-electron chi connectivity index (χ1n) is 10.4. The van der Waals surface area contributed by atoms with Crippen LogP contribution in [0.4, 0.5) is 0 Å². The van der Waals surface area contributed by atoms with E-state index in [1.807, 2.05) is 18.2 Å². The number of hydrogen-bond donors (Lipinski definition) is 2. The highest BCUT2D eigenvalue weighted by atomic mass is 127.